The van der Waals surface area contributed by atoms with Crippen LogP contribution in [0.3, 0.4) is 0 Å². The van der Waals surface area contributed by atoms with Crippen molar-refractivity contribution >= 4 is 5.97 Å². The van der Waals surface area contributed by atoms with E-state index in [1.54, 1.807) is 0 Å². The summed E-state index contributed by atoms with van der Waals surface area (Å²) in [7, 11) is 0. The molecule has 0 radical (unpaired) electrons. The van der Waals surface area contributed by atoms with E-state index in [1.165, 1.54) is 6.92 Å². The minimum absolute atomic E-state index is 0.200. The molecule has 0 heterocycles. The van der Waals surface area contributed by atoms with Gasteiger partial charge >= 0.3 is 5.97 Å². The van der Waals surface area contributed by atoms with Gasteiger partial charge in [-0.1, -0.05) is 60.7 Å². The highest BCUT2D eigenvalue weighted by atomic mass is 16.7. The Bertz CT molecular complexity index is 615. The first-order valence-electron chi connectivity index (χ1n) is 8.76. The Hall–Kier alpha value is -2.21. The average Bonchev–Trinajstić information content (AvgIpc) is 2.66. The molecule has 2 aromatic rings. The highest BCUT2D eigenvalue weighted by molar-refractivity contribution is 5.66. The second-order valence-electron chi connectivity index (χ2n) is 5.80. The first-order chi connectivity index (χ1) is 12.7. The maximum absolute atomic E-state index is 11.2. The fraction of sp³-hybridized carbons (Fsp3) is 0.381. The quantitative estimate of drug-likeness (QED) is 0.329. The summed E-state index contributed by atoms with van der Waals surface area (Å²) in [5.41, 5.74) is 2.16. The molecule has 140 valence electrons. The molecule has 2 aromatic carbocycles. The number of carbonyl (C=O) groups excluding carboxylic acids is 1. The van der Waals surface area contributed by atoms with Crippen molar-refractivity contribution < 1.29 is 23.7 Å². The molecule has 0 fully saturated rings. The monoisotopic (exact) mass is 358 g/mol. The highest BCUT2D eigenvalue weighted by Gasteiger charge is 2.13. The van der Waals surface area contributed by atoms with Crippen LogP contribution >= 0.6 is 0 Å². The van der Waals surface area contributed by atoms with Crippen molar-refractivity contribution in [2.24, 2.45) is 0 Å². The molecule has 0 N–H and O–H groups in total. The maximum Gasteiger partial charge on any atom is 0.305 e. The fourth-order valence-corrected chi connectivity index (χ4v) is 2.27. The smallest absolute Gasteiger partial charge is 0.305 e. The molecule has 5 nitrogen and oxygen atoms in total. The van der Waals surface area contributed by atoms with Crippen LogP contribution in [0.1, 0.15) is 24.5 Å². The van der Waals surface area contributed by atoms with E-state index >= 15 is 0 Å². The van der Waals surface area contributed by atoms with Gasteiger partial charge in [0.15, 0.2) is 0 Å². The van der Waals surface area contributed by atoms with Crippen LogP contribution in [-0.2, 0) is 37.0 Å². The normalized spacial score (nSPS) is 11.9. The largest absolute Gasteiger partial charge is 0.433 e. The Morgan fingerprint density at radius 1 is 0.846 bits per heavy atom. The van der Waals surface area contributed by atoms with Crippen molar-refractivity contribution in [3.05, 3.63) is 71.8 Å². The molecule has 5 heteroatoms. The van der Waals surface area contributed by atoms with E-state index in [2.05, 4.69) is 0 Å². The molecular formula is C21H26O5. The van der Waals surface area contributed by atoms with E-state index in [0.29, 0.717) is 26.4 Å². The van der Waals surface area contributed by atoms with Gasteiger partial charge in [-0.25, -0.2) is 0 Å². The van der Waals surface area contributed by atoms with Gasteiger partial charge in [0.05, 0.1) is 13.2 Å². The molecule has 0 aliphatic heterocycles. The van der Waals surface area contributed by atoms with Crippen molar-refractivity contribution in [3.63, 3.8) is 0 Å². The van der Waals surface area contributed by atoms with Gasteiger partial charge in [0.25, 0.3) is 0 Å². The Balaban J connectivity index is 1.58. The van der Waals surface area contributed by atoms with Crippen LogP contribution in [0.15, 0.2) is 60.7 Å². The van der Waals surface area contributed by atoms with Crippen LogP contribution in [0.2, 0.25) is 0 Å². The van der Waals surface area contributed by atoms with Gasteiger partial charge in [-0.3, -0.25) is 4.79 Å². The summed E-state index contributed by atoms with van der Waals surface area (Å²) in [6, 6.07) is 19.8. The lowest BCUT2D eigenvalue weighted by Crippen LogP contribution is -2.26. The van der Waals surface area contributed by atoms with E-state index in [0.717, 1.165) is 17.5 Å². The predicted molar refractivity (Wildman–Crippen MR) is 98.3 cm³/mol. The molecule has 2 rings (SSSR count). The molecule has 1 atom stereocenters. The second-order valence-corrected chi connectivity index (χ2v) is 5.80. The van der Waals surface area contributed by atoms with Crippen molar-refractivity contribution in [1.29, 1.82) is 0 Å². The summed E-state index contributed by atoms with van der Waals surface area (Å²) in [5.74, 6) is -0.391. The SMILES string of the molecule is CC(=O)OC(COCCCOCc1ccccc1)OCc1ccccc1. The van der Waals surface area contributed by atoms with Crippen molar-refractivity contribution in [2.45, 2.75) is 32.8 Å². The van der Waals surface area contributed by atoms with Crippen molar-refractivity contribution in [3.8, 4) is 0 Å². The Labute approximate surface area is 154 Å². The van der Waals surface area contributed by atoms with Gasteiger partial charge in [-0.05, 0) is 17.5 Å². The topological polar surface area (TPSA) is 54.0 Å². The van der Waals surface area contributed by atoms with Crippen molar-refractivity contribution in [1.82, 2.24) is 0 Å². The third kappa shape index (κ3) is 8.76. The Morgan fingerprint density at radius 3 is 2.04 bits per heavy atom. The summed E-state index contributed by atoms with van der Waals surface area (Å²) >= 11 is 0. The highest BCUT2D eigenvalue weighted by Crippen LogP contribution is 2.06. The molecule has 0 aliphatic carbocycles. The van der Waals surface area contributed by atoms with Gasteiger partial charge in [0, 0.05) is 20.1 Å². The van der Waals surface area contributed by atoms with Crippen LogP contribution in [0.25, 0.3) is 0 Å². The minimum Gasteiger partial charge on any atom is -0.433 e. The summed E-state index contributed by atoms with van der Waals surface area (Å²) < 4.78 is 21.9. The zero-order valence-corrected chi connectivity index (χ0v) is 15.1. The lowest BCUT2D eigenvalue weighted by Gasteiger charge is -2.18. The van der Waals surface area contributed by atoms with Crippen LogP contribution in [-0.4, -0.2) is 32.1 Å². The molecule has 0 aromatic heterocycles. The minimum atomic E-state index is -0.710. The molecule has 26 heavy (non-hydrogen) atoms. The lowest BCUT2D eigenvalue weighted by atomic mass is 10.2. The summed E-state index contributed by atoms with van der Waals surface area (Å²) in [6.45, 7) is 3.64. The standard InChI is InChI=1S/C21H26O5/c1-18(22)26-21(25-16-20-11-6-3-7-12-20)17-24-14-8-13-23-15-19-9-4-2-5-10-19/h2-7,9-12,21H,8,13-17H2,1H3. The summed E-state index contributed by atoms with van der Waals surface area (Å²) in [5, 5.41) is 0. The van der Waals surface area contributed by atoms with Gasteiger partial charge in [0.2, 0.25) is 6.29 Å². The van der Waals surface area contributed by atoms with E-state index in [4.69, 9.17) is 18.9 Å². The fourth-order valence-electron chi connectivity index (χ4n) is 2.27. The number of rotatable bonds is 12. The summed E-state index contributed by atoms with van der Waals surface area (Å²) in [6.07, 6.45) is 0.0520. The van der Waals surface area contributed by atoms with Crippen LogP contribution in [0.4, 0.5) is 0 Å². The molecule has 0 spiro atoms. The number of esters is 1. The maximum atomic E-state index is 11.2. The third-order valence-electron chi connectivity index (χ3n) is 3.52. The number of carbonyl (C=O) groups is 1. The molecule has 0 amide bonds. The number of hydrogen-bond donors (Lipinski definition) is 0. The van der Waals surface area contributed by atoms with Gasteiger partial charge in [-0.15, -0.1) is 0 Å². The average molecular weight is 358 g/mol. The molecule has 0 saturated heterocycles. The Kier molecular flexibility index (Phi) is 9.43. The van der Waals surface area contributed by atoms with E-state index < -0.39 is 12.3 Å². The van der Waals surface area contributed by atoms with Crippen LogP contribution < -0.4 is 0 Å². The third-order valence-corrected chi connectivity index (χ3v) is 3.52. The number of benzene rings is 2. The van der Waals surface area contributed by atoms with Crippen molar-refractivity contribution in [2.75, 3.05) is 19.8 Å². The molecule has 1 unspecified atom stereocenters. The lowest BCUT2D eigenvalue weighted by molar-refractivity contribution is -0.192. The van der Waals surface area contributed by atoms with E-state index in [9.17, 15) is 4.79 Å². The second kappa shape index (κ2) is 12.2. The first kappa shape index (κ1) is 20.1. The molecule has 0 bridgehead atoms. The van der Waals surface area contributed by atoms with E-state index in [1.807, 2.05) is 60.7 Å². The van der Waals surface area contributed by atoms with Crippen LogP contribution in [0, 0.1) is 0 Å². The van der Waals surface area contributed by atoms with Gasteiger partial charge in [0.1, 0.15) is 6.61 Å². The zero-order valence-electron chi connectivity index (χ0n) is 15.1. The molecule has 0 saturated carbocycles. The molecule has 0 aliphatic rings. The van der Waals surface area contributed by atoms with Crippen LogP contribution in [0.5, 0.6) is 0 Å². The summed E-state index contributed by atoms with van der Waals surface area (Å²) in [4.78, 5) is 11.2. The van der Waals surface area contributed by atoms with E-state index in [-0.39, 0.29) is 6.61 Å². The predicted octanol–water partition coefficient (Wildman–Crippen LogP) is 3.72. The molecular weight excluding hydrogens is 332 g/mol. The Morgan fingerprint density at radius 2 is 1.42 bits per heavy atom. The number of hydrogen-bond acceptors (Lipinski definition) is 5. The first-order valence-corrected chi connectivity index (χ1v) is 8.76. The number of ether oxygens (including phenoxy) is 4. The zero-order chi connectivity index (χ0) is 18.5. The van der Waals surface area contributed by atoms with Gasteiger partial charge in [-0.2, -0.15) is 0 Å². The van der Waals surface area contributed by atoms with Gasteiger partial charge < -0.3 is 18.9 Å².